The van der Waals surface area contributed by atoms with E-state index in [9.17, 15) is 0 Å². The Morgan fingerprint density at radius 2 is 1.94 bits per heavy atom. The number of hydrogen-bond donors (Lipinski definition) is 1. The molecule has 0 bridgehead atoms. The number of aryl methyl sites for hydroxylation is 1. The van der Waals surface area contributed by atoms with Crippen LogP contribution in [0.25, 0.3) is 10.9 Å². The van der Waals surface area contributed by atoms with Crippen molar-refractivity contribution in [2.75, 3.05) is 0 Å². The number of nitrogens with two attached hydrogens (primary N) is 1. The minimum absolute atomic E-state index is 0.0498. The standard InChI is InChI=1S/C15H20N2/c1-10(2)11-4-5-13-12(8-11)9-14(17(13)3)15(16)6-7-15/h4-5,8-10H,6-7,16H2,1-3H3. The monoisotopic (exact) mass is 228 g/mol. The fourth-order valence-corrected chi connectivity index (χ4v) is 2.60. The van der Waals surface area contributed by atoms with E-state index in [1.54, 1.807) is 0 Å². The fourth-order valence-electron chi connectivity index (χ4n) is 2.60. The molecule has 1 saturated carbocycles. The third-order valence-electron chi connectivity index (χ3n) is 4.03. The summed E-state index contributed by atoms with van der Waals surface area (Å²) in [5.41, 5.74) is 10.2. The second kappa shape index (κ2) is 3.36. The van der Waals surface area contributed by atoms with Crippen molar-refractivity contribution in [2.45, 2.75) is 38.1 Å². The van der Waals surface area contributed by atoms with Crippen molar-refractivity contribution in [3.63, 3.8) is 0 Å². The van der Waals surface area contributed by atoms with Crippen LogP contribution in [-0.2, 0) is 12.6 Å². The molecule has 0 unspecified atom stereocenters. The molecule has 1 aliphatic carbocycles. The molecule has 2 N–H and O–H groups in total. The molecule has 17 heavy (non-hydrogen) atoms. The van der Waals surface area contributed by atoms with Gasteiger partial charge in [0, 0.05) is 23.6 Å². The quantitative estimate of drug-likeness (QED) is 0.840. The van der Waals surface area contributed by atoms with Gasteiger partial charge in [0.05, 0.1) is 5.54 Å². The highest BCUT2D eigenvalue weighted by Crippen LogP contribution is 2.44. The summed E-state index contributed by atoms with van der Waals surface area (Å²) in [6, 6.07) is 9.02. The van der Waals surface area contributed by atoms with Gasteiger partial charge in [-0.25, -0.2) is 0 Å². The van der Waals surface area contributed by atoms with Crippen molar-refractivity contribution in [3.8, 4) is 0 Å². The van der Waals surface area contributed by atoms with Crippen LogP contribution in [0.1, 0.15) is 43.9 Å². The zero-order valence-corrected chi connectivity index (χ0v) is 10.8. The lowest BCUT2D eigenvalue weighted by Gasteiger charge is -2.10. The Kier molecular flexibility index (Phi) is 2.14. The van der Waals surface area contributed by atoms with Gasteiger partial charge in [0.15, 0.2) is 0 Å². The Bertz CT molecular complexity index is 574. The van der Waals surface area contributed by atoms with E-state index in [0.29, 0.717) is 5.92 Å². The third kappa shape index (κ3) is 1.59. The number of hydrogen-bond acceptors (Lipinski definition) is 1. The van der Waals surface area contributed by atoms with Crippen LogP contribution in [0.3, 0.4) is 0 Å². The molecule has 0 saturated heterocycles. The maximum absolute atomic E-state index is 6.31. The van der Waals surface area contributed by atoms with Crippen LogP contribution < -0.4 is 5.73 Å². The summed E-state index contributed by atoms with van der Waals surface area (Å²) in [5, 5.41) is 1.32. The largest absolute Gasteiger partial charge is 0.346 e. The summed E-state index contributed by atoms with van der Waals surface area (Å²) >= 11 is 0. The highest BCUT2D eigenvalue weighted by Gasteiger charge is 2.42. The van der Waals surface area contributed by atoms with Crippen LogP contribution in [0.2, 0.25) is 0 Å². The van der Waals surface area contributed by atoms with Gasteiger partial charge >= 0.3 is 0 Å². The zero-order valence-electron chi connectivity index (χ0n) is 10.8. The molecule has 1 aromatic heterocycles. The van der Waals surface area contributed by atoms with Gasteiger partial charge in [-0.05, 0) is 42.5 Å². The van der Waals surface area contributed by atoms with Gasteiger partial charge in [0.2, 0.25) is 0 Å². The second-order valence-corrected chi connectivity index (χ2v) is 5.72. The Morgan fingerprint density at radius 1 is 1.24 bits per heavy atom. The smallest absolute Gasteiger partial charge is 0.0565 e. The summed E-state index contributed by atoms with van der Waals surface area (Å²) in [6.07, 6.45) is 2.24. The summed E-state index contributed by atoms with van der Waals surface area (Å²) < 4.78 is 2.26. The Balaban J connectivity index is 2.19. The predicted octanol–water partition coefficient (Wildman–Crippen LogP) is 3.25. The van der Waals surface area contributed by atoms with Crippen molar-refractivity contribution in [1.29, 1.82) is 0 Å². The lowest BCUT2D eigenvalue weighted by Crippen LogP contribution is -2.21. The molecule has 90 valence electrons. The van der Waals surface area contributed by atoms with Crippen LogP contribution in [-0.4, -0.2) is 4.57 Å². The van der Waals surface area contributed by atoms with Crippen LogP contribution >= 0.6 is 0 Å². The normalized spacial score (nSPS) is 17.9. The molecule has 2 aromatic rings. The average Bonchev–Trinajstić information content (AvgIpc) is 2.94. The van der Waals surface area contributed by atoms with E-state index in [4.69, 9.17) is 5.73 Å². The average molecular weight is 228 g/mol. The molecule has 0 aliphatic heterocycles. The van der Waals surface area contributed by atoms with Gasteiger partial charge in [-0.15, -0.1) is 0 Å². The summed E-state index contributed by atoms with van der Waals surface area (Å²) in [4.78, 5) is 0. The number of nitrogens with zero attached hydrogens (tertiary/aromatic N) is 1. The SMILES string of the molecule is CC(C)c1ccc2c(c1)cc(C1(N)CC1)n2C. The minimum atomic E-state index is -0.0498. The Hall–Kier alpha value is -1.28. The number of rotatable bonds is 2. The lowest BCUT2D eigenvalue weighted by atomic mass is 10.0. The van der Waals surface area contributed by atoms with Crippen LogP contribution in [0.15, 0.2) is 24.3 Å². The van der Waals surface area contributed by atoms with E-state index in [1.807, 2.05) is 0 Å². The van der Waals surface area contributed by atoms with Crippen molar-refractivity contribution >= 4 is 10.9 Å². The number of aromatic nitrogens is 1. The van der Waals surface area contributed by atoms with Gasteiger partial charge < -0.3 is 10.3 Å². The van der Waals surface area contributed by atoms with Crippen LogP contribution in [0.4, 0.5) is 0 Å². The molecular weight excluding hydrogens is 208 g/mol. The van der Waals surface area contributed by atoms with E-state index >= 15 is 0 Å². The van der Waals surface area contributed by atoms with Crippen molar-refractivity contribution < 1.29 is 0 Å². The van der Waals surface area contributed by atoms with E-state index < -0.39 is 0 Å². The van der Waals surface area contributed by atoms with Gasteiger partial charge in [-0.3, -0.25) is 0 Å². The minimum Gasteiger partial charge on any atom is -0.346 e. The molecule has 0 radical (unpaired) electrons. The Morgan fingerprint density at radius 3 is 2.53 bits per heavy atom. The lowest BCUT2D eigenvalue weighted by molar-refractivity contribution is 0.667. The zero-order chi connectivity index (χ0) is 12.2. The highest BCUT2D eigenvalue weighted by molar-refractivity contribution is 5.82. The van der Waals surface area contributed by atoms with E-state index in [0.717, 1.165) is 12.8 Å². The second-order valence-electron chi connectivity index (χ2n) is 5.72. The molecule has 0 amide bonds. The molecule has 2 nitrogen and oxygen atoms in total. The Labute approximate surface area is 102 Å². The molecule has 1 aliphatic rings. The van der Waals surface area contributed by atoms with Gasteiger partial charge in [0.1, 0.15) is 0 Å². The molecule has 0 atom stereocenters. The summed E-state index contributed by atoms with van der Waals surface area (Å²) in [6.45, 7) is 4.46. The highest BCUT2D eigenvalue weighted by atomic mass is 15.0. The van der Waals surface area contributed by atoms with E-state index in [-0.39, 0.29) is 5.54 Å². The molecule has 1 heterocycles. The third-order valence-corrected chi connectivity index (χ3v) is 4.03. The first kappa shape index (κ1) is 10.8. The van der Waals surface area contributed by atoms with Gasteiger partial charge in [0.25, 0.3) is 0 Å². The molecule has 2 heteroatoms. The first-order valence-electron chi connectivity index (χ1n) is 6.40. The molecule has 3 rings (SSSR count). The maximum Gasteiger partial charge on any atom is 0.0565 e. The maximum atomic E-state index is 6.31. The van der Waals surface area contributed by atoms with Gasteiger partial charge in [-0.1, -0.05) is 19.9 Å². The van der Waals surface area contributed by atoms with Crippen molar-refractivity contribution in [2.24, 2.45) is 12.8 Å². The fraction of sp³-hybridized carbons (Fsp3) is 0.467. The molecule has 1 aromatic carbocycles. The number of fused-ring (bicyclic) bond motifs is 1. The van der Waals surface area contributed by atoms with Crippen molar-refractivity contribution in [3.05, 3.63) is 35.5 Å². The predicted molar refractivity (Wildman–Crippen MR) is 72.1 cm³/mol. The first-order chi connectivity index (χ1) is 8.01. The van der Waals surface area contributed by atoms with E-state index in [1.165, 1.54) is 22.2 Å². The summed E-state index contributed by atoms with van der Waals surface area (Å²) in [5.74, 6) is 0.579. The molecule has 0 spiro atoms. The number of benzene rings is 1. The topological polar surface area (TPSA) is 30.9 Å². The van der Waals surface area contributed by atoms with Gasteiger partial charge in [-0.2, -0.15) is 0 Å². The summed E-state index contributed by atoms with van der Waals surface area (Å²) in [7, 11) is 2.12. The first-order valence-corrected chi connectivity index (χ1v) is 6.40. The van der Waals surface area contributed by atoms with Crippen LogP contribution in [0, 0.1) is 0 Å². The molecular formula is C15H20N2. The molecule has 1 fully saturated rings. The van der Waals surface area contributed by atoms with Crippen LogP contribution in [0.5, 0.6) is 0 Å². The van der Waals surface area contributed by atoms with E-state index in [2.05, 4.69) is 49.7 Å². The van der Waals surface area contributed by atoms with Crippen molar-refractivity contribution in [1.82, 2.24) is 4.57 Å².